The molecule has 4 nitrogen and oxygen atoms in total. The van der Waals surface area contributed by atoms with Gasteiger partial charge in [0.15, 0.2) is 11.5 Å². The van der Waals surface area contributed by atoms with E-state index in [9.17, 15) is 15.0 Å². The van der Waals surface area contributed by atoms with Gasteiger partial charge in [-0.1, -0.05) is 45.3 Å². The third-order valence-corrected chi connectivity index (χ3v) is 3.77. The highest BCUT2D eigenvalue weighted by Gasteiger charge is 2.15. The first-order chi connectivity index (χ1) is 10.5. The Morgan fingerprint density at radius 3 is 2.55 bits per heavy atom. The maximum Gasteiger partial charge on any atom is 0.246 e. The molecule has 1 unspecified atom stereocenters. The fourth-order valence-electron chi connectivity index (χ4n) is 2.37. The van der Waals surface area contributed by atoms with Crippen LogP contribution in [0, 0.1) is 0 Å². The van der Waals surface area contributed by atoms with Crippen molar-refractivity contribution >= 4 is 5.91 Å². The maximum atomic E-state index is 11.7. The molecular formula is C18H27NO3. The number of phenolic OH excluding ortho intramolecular Hbond substituents is 2. The van der Waals surface area contributed by atoms with Crippen molar-refractivity contribution in [1.82, 2.24) is 5.32 Å². The summed E-state index contributed by atoms with van der Waals surface area (Å²) in [6.45, 7) is 7.98. The lowest BCUT2D eigenvalue weighted by Crippen LogP contribution is -2.28. The van der Waals surface area contributed by atoms with Gasteiger partial charge in [-0.25, -0.2) is 0 Å². The molecule has 3 N–H and O–H groups in total. The standard InChI is InChI=1S/C18H27NO3/c1-4-5-6-7-8-15(12-19-18(22)13(2)3)14-9-10-16(20)17(21)11-14/h9-11,15,20-21H,2,4-8,12H2,1,3H3,(H,19,22). The van der Waals surface area contributed by atoms with Crippen LogP contribution >= 0.6 is 0 Å². The van der Waals surface area contributed by atoms with Crippen LogP contribution < -0.4 is 5.32 Å². The predicted octanol–water partition coefficient (Wildman–Crippen LogP) is 3.84. The van der Waals surface area contributed by atoms with E-state index < -0.39 is 0 Å². The van der Waals surface area contributed by atoms with Crippen molar-refractivity contribution in [2.24, 2.45) is 0 Å². The molecule has 0 aromatic heterocycles. The molecule has 1 aromatic carbocycles. The first-order valence-corrected chi connectivity index (χ1v) is 7.91. The summed E-state index contributed by atoms with van der Waals surface area (Å²) in [5.41, 5.74) is 1.41. The first-order valence-electron chi connectivity index (χ1n) is 7.91. The highest BCUT2D eigenvalue weighted by Crippen LogP contribution is 2.30. The Morgan fingerprint density at radius 2 is 1.95 bits per heavy atom. The molecule has 0 bridgehead atoms. The van der Waals surface area contributed by atoms with Gasteiger partial charge in [0.25, 0.3) is 0 Å². The van der Waals surface area contributed by atoms with E-state index in [0.717, 1.165) is 24.8 Å². The predicted molar refractivity (Wildman–Crippen MR) is 89.1 cm³/mol. The van der Waals surface area contributed by atoms with Gasteiger partial charge in [0.1, 0.15) is 0 Å². The lowest BCUT2D eigenvalue weighted by atomic mass is 9.92. The largest absolute Gasteiger partial charge is 0.504 e. The molecule has 1 rings (SSSR count). The molecule has 0 fully saturated rings. The third kappa shape index (κ3) is 5.80. The van der Waals surface area contributed by atoms with Gasteiger partial charge in [-0.15, -0.1) is 0 Å². The number of amides is 1. The average molecular weight is 305 g/mol. The summed E-state index contributed by atoms with van der Waals surface area (Å²) in [6.07, 6.45) is 5.54. The lowest BCUT2D eigenvalue weighted by molar-refractivity contribution is -0.117. The number of benzene rings is 1. The summed E-state index contributed by atoms with van der Waals surface area (Å²) >= 11 is 0. The Balaban J connectivity index is 2.73. The second-order valence-corrected chi connectivity index (χ2v) is 5.78. The molecule has 0 heterocycles. The summed E-state index contributed by atoms with van der Waals surface area (Å²) in [5, 5.41) is 22.0. The molecular weight excluding hydrogens is 278 g/mol. The van der Waals surface area contributed by atoms with Crippen LogP contribution in [0.3, 0.4) is 0 Å². The van der Waals surface area contributed by atoms with Gasteiger partial charge in [-0.3, -0.25) is 4.79 Å². The molecule has 1 aromatic rings. The highest BCUT2D eigenvalue weighted by atomic mass is 16.3. The minimum Gasteiger partial charge on any atom is -0.504 e. The molecule has 0 aliphatic heterocycles. The van der Waals surface area contributed by atoms with E-state index in [1.54, 1.807) is 19.1 Å². The molecule has 0 aliphatic carbocycles. The number of nitrogens with one attached hydrogen (secondary N) is 1. The Kier molecular flexibility index (Phi) is 7.50. The number of hydrogen-bond acceptors (Lipinski definition) is 3. The monoisotopic (exact) mass is 305 g/mol. The van der Waals surface area contributed by atoms with Crippen molar-refractivity contribution in [3.05, 3.63) is 35.9 Å². The van der Waals surface area contributed by atoms with Gasteiger partial charge < -0.3 is 15.5 Å². The van der Waals surface area contributed by atoms with Gasteiger partial charge in [0.05, 0.1) is 0 Å². The lowest BCUT2D eigenvalue weighted by Gasteiger charge is -2.19. The Morgan fingerprint density at radius 1 is 1.23 bits per heavy atom. The molecule has 0 aliphatic rings. The van der Waals surface area contributed by atoms with Gasteiger partial charge in [-0.2, -0.15) is 0 Å². The van der Waals surface area contributed by atoms with Gasteiger partial charge in [-0.05, 0) is 31.0 Å². The van der Waals surface area contributed by atoms with Crippen LogP contribution in [0.1, 0.15) is 57.4 Å². The van der Waals surface area contributed by atoms with Crippen LogP contribution in [0.5, 0.6) is 11.5 Å². The third-order valence-electron chi connectivity index (χ3n) is 3.77. The molecule has 0 saturated carbocycles. The minimum atomic E-state index is -0.151. The summed E-state index contributed by atoms with van der Waals surface area (Å²) in [4.78, 5) is 11.7. The van der Waals surface area contributed by atoms with Crippen molar-refractivity contribution in [1.29, 1.82) is 0 Å². The molecule has 1 amide bonds. The van der Waals surface area contributed by atoms with Gasteiger partial charge in [0.2, 0.25) is 5.91 Å². The zero-order valence-corrected chi connectivity index (χ0v) is 13.6. The second-order valence-electron chi connectivity index (χ2n) is 5.78. The molecule has 22 heavy (non-hydrogen) atoms. The Bertz CT molecular complexity index is 511. The SMILES string of the molecule is C=C(C)C(=O)NCC(CCCCCC)c1ccc(O)c(O)c1. The number of unbranched alkanes of at least 4 members (excludes halogenated alkanes) is 3. The van der Waals surface area contributed by atoms with Crippen molar-refractivity contribution < 1.29 is 15.0 Å². The van der Waals surface area contributed by atoms with E-state index in [-0.39, 0.29) is 23.3 Å². The molecule has 1 atom stereocenters. The van der Waals surface area contributed by atoms with E-state index in [1.165, 1.54) is 18.9 Å². The van der Waals surface area contributed by atoms with E-state index in [2.05, 4.69) is 18.8 Å². The molecule has 0 saturated heterocycles. The smallest absolute Gasteiger partial charge is 0.246 e. The Hall–Kier alpha value is -1.97. The van der Waals surface area contributed by atoms with Crippen LogP contribution in [0.15, 0.2) is 30.4 Å². The number of phenols is 2. The maximum absolute atomic E-state index is 11.7. The van der Waals surface area contributed by atoms with E-state index >= 15 is 0 Å². The first kappa shape index (κ1) is 18.1. The zero-order valence-electron chi connectivity index (χ0n) is 13.6. The number of carbonyl (C=O) groups excluding carboxylic acids is 1. The summed E-state index contributed by atoms with van der Waals surface area (Å²) < 4.78 is 0. The van der Waals surface area contributed by atoms with E-state index in [1.807, 2.05) is 0 Å². The number of carbonyl (C=O) groups is 1. The molecule has 4 heteroatoms. The molecule has 0 radical (unpaired) electrons. The number of hydrogen-bond donors (Lipinski definition) is 3. The number of rotatable bonds is 9. The average Bonchev–Trinajstić information content (AvgIpc) is 2.49. The topological polar surface area (TPSA) is 69.6 Å². The van der Waals surface area contributed by atoms with E-state index in [4.69, 9.17) is 0 Å². The van der Waals surface area contributed by atoms with Gasteiger partial charge >= 0.3 is 0 Å². The second kappa shape index (κ2) is 9.13. The fourth-order valence-corrected chi connectivity index (χ4v) is 2.37. The molecule has 0 spiro atoms. The Labute approximate surface area is 132 Å². The zero-order chi connectivity index (χ0) is 16.5. The highest BCUT2D eigenvalue weighted by molar-refractivity contribution is 5.92. The van der Waals surface area contributed by atoms with Crippen molar-refractivity contribution in [2.45, 2.75) is 51.9 Å². The fraction of sp³-hybridized carbons (Fsp3) is 0.500. The van der Waals surface area contributed by atoms with Gasteiger partial charge in [0, 0.05) is 18.0 Å². The van der Waals surface area contributed by atoms with Crippen LogP contribution in [-0.4, -0.2) is 22.7 Å². The van der Waals surface area contributed by atoms with Crippen molar-refractivity contribution in [3.63, 3.8) is 0 Å². The summed E-state index contributed by atoms with van der Waals surface area (Å²) in [5.74, 6) is -0.282. The summed E-state index contributed by atoms with van der Waals surface area (Å²) in [6, 6.07) is 4.86. The summed E-state index contributed by atoms with van der Waals surface area (Å²) in [7, 11) is 0. The number of aromatic hydroxyl groups is 2. The van der Waals surface area contributed by atoms with Crippen molar-refractivity contribution in [2.75, 3.05) is 6.54 Å². The normalized spacial score (nSPS) is 11.9. The quantitative estimate of drug-likeness (QED) is 0.369. The van der Waals surface area contributed by atoms with Crippen LogP contribution in [0.2, 0.25) is 0 Å². The van der Waals surface area contributed by atoms with E-state index in [0.29, 0.717) is 12.1 Å². The molecule has 122 valence electrons. The minimum absolute atomic E-state index is 0.117. The van der Waals surface area contributed by atoms with Crippen LogP contribution in [-0.2, 0) is 4.79 Å². The van der Waals surface area contributed by atoms with Crippen molar-refractivity contribution in [3.8, 4) is 11.5 Å². The van der Waals surface area contributed by atoms with Crippen LogP contribution in [0.4, 0.5) is 0 Å². The van der Waals surface area contributed by atoms with Crippen LogP contribution in [0.25, 0.3) is 0 Å².